The Morgan fingerprint density at radius 1 is 1.26 bits per heavy atom. The van der Waals surface area contributed by atoms with Crippen LogP contribution in [-0.2, 0) is 6.54 Å². The number of aromatic amines is 2. The minimum absolute atomic E-state index is 0.152. The van der Waals surface area contributed by atoms with Crippen molar-refractivity contribution in [1.29, 1.82) is 0 Å². The fraction of sp³-hybridized carbons (Fsp3) is 0.0769. The van der Waals surface area contributed by atoms with Gasteiger partial charge in [0.15, 0.2) is 5.65 Å². The van der Waals surface area contributed by atoms with Gasteiger partial charge in [0.1, 0.15) is 5.82 Å². The predicted octanol–water partition coefficient (Wildman–Crippen LogP) is 1.52. The van der Waals surface area contributed by atoms with E-state index in [2.05, 4.69) is 15.0 Å². The summed E-state index contributed by atoms with van der Waals surface area (Å²) in [5.41, 5.74) is 7.94. The van der Waals surface area contributed by atoms with E-state index < -0.39 is 0 Å². The van der Waals surface area contributed by atoms with Gasteiger partial charge in [0, 0.05) is 23.9 Å². The van der Waals surface area contributed by atoms with Crippen molar-refractivity contribution in [3.8, 4) is 11.1 Å². The standard InChI is InChI=1S/C13H11FN4O/c14-10-5-7(1-2-8(10)6-15)9-3-4-16-12-11(9)17-13(19)18-12/h1-5H,6,15H2,(H2,16,17,18,19). The second kappa shape index (κ2) is 4.33. The Balaban J connectivity index is 2.24. The Labute approximate surface area is 107 Å². The number of imidazole rings is 1. The van der Waals surface area contributed by atoms with Crippen molar-refractivity contribution in [2.24, 2.45) is 5.73 Å². The van der Waals surface area contributed by atoms with Crippen molar-refractivity contribution in [2.45, 2.75) is 6.54 Å². The summed E-state index contributed by atoms with van der Waals surface area (Å²) >= 11 is 0. The van der Waals surface area contributed by atoms with Crippen molar-refractivity contribution >= 4 is 11.2 Å². The molecule has 3 aromatic rings. The molecule has 4 N–H and O–H groups in total. The Morgan fingerprint density at radius 3 is 2.84 bits per heavy atom. The average Bonchev–Trinajstić information content (AvgIpc) is 2.78. The van der Waals surface area contributed by atoms with Crippen LogP contribution >= 0.6 is 0 Å². The van der Waals surface area contributed by atoms with E-state index in [4.69, 9.17) is 5.73 Å². The van der Waals surface area contributed by atoms with E-state index in [-0.39, 0.29) is 18.1 Å². The van der Waals surface area contributed by atoms with Crippen LogP contribution in [0.5, 0.6) is 0 Å². The predicted molar refractivity (Wildman–Crippen MR) is 70.0 cm³/mol. The van der Waals surface area contributed by atoms with Crippen molar-refractivity contribution in [3.05, 3.63) is 52.3 Å². The molecule has 2 heterocycles. The second-order valence-electron chi connectivity index (χ2n) is 4.17. The summed E-state index contributed by atoms with van der Waals surface area (Å²) in [5.74, 6) is -0.358. The van der Waals surface area contributed by atoms with Gasteiger partial charge in [-0.3, -0.25) is 4.98 Å². The van der Waals surface area contributed by atoms with Crippen LogP contribution in [0.15, 0.2) is 35.3 Å². The molecule has 0 aliphatic carbocycles. The summed E-state index contributed by atoms with van der Waals surface area (Å²) in [5, 5.41) is 0. The van der Waals surface area contributed by atoms with Gasteiger partial charge in [-0.15, -0.1) is 0 Å². The Kier molecular flexibility index (Phi) is 2.64. The van der Waals surface area contributed by atoms with Crippen molar-refractivity contribution in [1.82, 2.24) is 15.0 Å². The van der Waals surface area contributed by atoms with Crippen LogP contribution in [-0.4, -0.2) is 15.0 Å². The molecule has 96 valence electrons. The average molecular weight is 258 g/mol. The van der Waals surface area contributed by atoms with E-state index in [1.807, 2.05) is 0 Å². The van der Waals surface area contributed by atoms with Gasteiger partial charge in [-0.2, -0.15) is 0 Å². The number of H-pyrrole nitrogens is 2. The zero-order valence-corrected chi connectivity index (χ0v) is 9.90. The maximum Gasteiger partial charge on any atom is 0.325 e. The molecule has 0 saturated heterocycles. The van der Waals surface area contributed by atoms with E-state index >= 15 is 0 Å². The van der Waals surface area contributed by atoms with Gasteiger partial charge in [-0.25, -0.2) is 14.2 Å². The van der Waals surface area contributed by atoms with Crippen molar-refractivity contribution in [3.63, 3.8) is 0 Å². The lowest BCUT2D eigenvalue weighted by Gasteiger charge is -2.05. The monoisotopic (exact) mass is 258 g/mol. The number of pyridine rings is 1. The van der Waals surface area contributed by atoms with Gasteiger partial charge in [0.2, 0.25) is 0 Å². The molecule has 0 amide bonds. The molecule has 0 unspecified atom stereocenters. The lowest BCUT2D eigenvalue weighted by molar-refractivity contribution is 0.611. The normalized spacial score (nSPS) is 11.1. The van der Waals surface area contributed by atoms with E-state index in [0.29, 0.717) is 27.9 Å². The van der Waals surface area contributed by atoms with Gasteiger partial charge in [0.25, 0.3) is 0 Å². The minimum Gasteiger partial charge on any atom is -0.326 e. The molecule has 0 atom stereocenters. The van der Waals surface area contributed by atoms with Crippen molar-refractivity contribution in [2.75, 3.05) is 0 Å². The molecule has 0 bridgehead atoms. The molecule has 19 heavy (non-hydrogen) atoms. The number of fused-ring (bicyclic) bond motifs is 1. The molecule has 0 fully saturated rings. The van der Waals surface area contributed by atoms with E-state index in [0.717, 1.165) is 0 Å². The maximum atomic E-state index is 13.8. The second-order valence-corrected chi connectivity index (χ2v) is 4.17. The fourth-order valence-electron chi connectivity index (χ4n) is 2.06. The summed E-state index contributed by atoms with van der Waals surface area (Å²) < 4.78 is 13.8. The quantitative estimate of drug-likeness (QED) is 0.651. The summed E-state index contributed by atoms with van der Waals surface area (Å²) in [7, 11) is 0. The molecule has 0 spiro atoms. The van der Waals surface area contributed by atoms with E-state index in [1.54, 1.807) is 24.4 Å². The largest absolute Gasteiger partial charge is 0.326 e. The molecule has 3 rings (SSSR count). The third-order valence-corrected chi connectivity index (χ3v) is 3.01. The fourth-order valence-corrected chi connectivity index (χ4v) is 2.06. The number of nitrogens with zero attached hydrogens (tertiary/aromatic N) is 1. The minimum atomic E-state index is -0.358. The number of nitrogens with two attached hydrogens (primary N) is 1. The van der Waals surface area contributed by atoms with Crippen LogP contribution in [0, 0.1) is 5.82 Å². The smallest absolute Gasteiger partial charge is 0.325 e. The van der Waals surface area contributed by atoms with Crippen LogP contribution in [0.1, 0.15) is 5.56 Å². The zero-order valence-electron chi connectivity index (χ0n) is 9.90. The summed E-state index contributed by atoms with van der Waals surface area (Å²) in [6.07, 6.45) is 1.57. The first kappa shape index (κ1) is 11.6. The lowest BCUT2D eigenvalue weighted by atomic mass is 10.0. The maximum absolute atomic E-state index is 13.8. The highest BCUT2D eigenvalue weighted by atomic mass is 19.1. The van der Waals surface area contributed by atoms with Crippen LogP contribution in [0.4, 0.5) is 4.39 Å². The summed E-state index contributed by atoms with van der Waals surface area (Å²) in [6, 6.07) is 6.54. The van der Waals surface area contributed by atoms with Crippen molar-refractivity contribution < 1.29 is 4.39 Å². The number of nitrogens with one attached hydrogen (secondary N) is 2. The number of hydrogen-bond donors (Lipinski definition) is 3. The summed E-state index contributed by atoms with van der Waals surface area (Å²) in [4.78, 5) is 20.6. The first-order valence-electron chi connectivity index (χ1n) is 5.75. The molecule has 6 heteroatoms. The highest BCUT2D eigenvalue weighted by Gasteiger charge is 2.09. The third-order valence-electron chi connectivity index (χ3n) is 3.01. The molecular formula is C13H11FN4O. The van der Waals surface area contributed by atoms with Crippen LogP contribution in [0.3, 0.4) is 0 Å². The van der Waals surface area contributed by atoms with Crippen LogP contribution in [0.25, 0.3) is 22.3 Å². The molecule has 0 radical (unpaired) electrons. The Hall–Kier alpha value is -2.47. The van der Waals surface area contributed by atoms with Gasteiger partial charge >= 0.3 is 5.69 Å². The number of halogens is 1. The molecule has 0 aliphatic rings. The van der Waals surface area contributed by atoms with Gasteiger partial charge in [-0.1, -0.05) is 12.1 Å². The first-order chi connectivity index (χ1) is 9.19. The molecule has 1 aromatic carbocycles. The Morgan fingerprint density at radius 2 is 2.11 bits per heavy atom. The highest BCUT2D eigenvalue weighted by Crippen LogP contribution is 2.26. The SMILES string of the molecule is NCc1ccc(-c2ccnc3[nH]c(=O)[nH]c23)cc1F. The zero-order chi connectivity index (χ0) is 13.4. The van der Waals surface area contributed by atoms with E-state index in [1.165, 1.54) is 6.07 Å². The molecule has 2 aromatic heterocycles. The van der Waals surface area contributed by atoms with Gasteiger partial charge in [-0.05, 0) is 17.7 Å². The van der Waals surface area contributed by atoms with E-state index in [9.17, 15) is 9.18 Å². The topological polar surface area (TPSA) is 87.6 Å². The molecule has 0 aliphatic heterocycles. The molecule has 5 nitrogen and oxygen atoms in total. The number of aromatic nitrogens is 3. The number of hydrogen-bond acceptors (Lipinski definition) is 3. The van der Waals surface area contributed by atoms with Gasteiger partial charge < -0.3 is 10.7 Å². The first-order valence-corrected chi connectivity index (χ1v) is 5.75. The highest BCUT2D eigenvalue weighted by molar-refractivity contribution is 5.89. The van der Waals surface area contributed by atoms with Crippen LogP contribution < -0.4 is 11.4 Å². The number of benzene rings is 1. The lowest BCUT2D eigenvalue weighted by Crippen LogP contribution is -2.00. The third kappa shape index (κ3) is 1.92. The number of rotatable bonds is 2. The molecular weight excluding hydrogens is 247 g/mol. The van der Waals surface area contributed by atoms with Gasteiger partial charge in [0.05, 0.1) is 5.52 Å². The van der Waals surface area contributed by atoms with Crippen LogP contribution in [0.2, 0.25) is 0 Å². The Bertz CT molecular complexity index is 806. The molecule has 0 saturated carbocycles. The summed E-state index contributed by atoms with van der Waals surface area (Å²) in [6.45, 7) is 0.152.